The van der Waals surface area contributed by atoms with Crippen molar-refractivity contribution >= 4 is 5.71 Å². The van der Waals surface area contributed by atoms with Gasteiger partial charge in [0.05, 0.1) is 43.3 Å². The van der Waals surface area contributed by atoms with E-state index in [1.807, 2.05) is 61.0 Å². The van der Waals surface area contributed by atoms with Gasteiger partial charge >= 0.3 is 0 Å². The molecule has 5 rings (SSSR count). The van der Waals surface area contributed by atoms with Gasteiger partial charge in [0.25, 0.3) is 5.56 Å². The van der Waals surface area contributed by atoms with Gasteiger partial charge in [-0.2, -0.15) is 0 Å². The minimum absolute atomic E-state index is 0.0179. The van der Waals surface area contributed by atoms with E-state index in [4.69, 9.17) is 14.5 Å². The van der Waals surface area contributed by atoms with Crippen LogP contribution in [-0.2, 0) is 22.6 Å². The van der Waals surface area contributed by atoms with Gasteiger partial charge in [0.1, 0.15) is 11.6 Å². The average molecular weight is 503 g/mol. The Morgan fingerprint density at radius 1 is 1.11 bits per heavy atom. The molecule has 192 valence electrons. The summed E-state index contributed by atoms with van der Waals surface area (Å²) in [5, 5.41) is 3.34. The number of hydrogen-bond acceptors (Lipinski definition) is 5. The second-order valence-corrected chi connectivity index (χ2v) is 9.33. The minimum Gasteiger partial charge on any atom is -0.364 e. The lowest BCUT2D eigenvalue weighted by Crippen LogP contribution is -2.43. The smallest absolute Gasteiger partial charge is 0.275 e. The van der Waals surface area contributed by atoms with Gasteiger partial charge in [0, 0.05) is 6.04 Å². The van der Waals surface area contributed by atoms with Gasteiger partial charge in [-0.15, -0.1) is 0 Å². The lowest BCUT2D eigenvalue weighted by molar-refractivity contribution is -0.267. The van der Waals surface area contributed by atoms with Gasteiger partial charge in [-0.3, -0.25) is 9.48 Å². The molecule has 0 amide bonds. The first-order chi connectivity index (χ1) is 17.9. The van der Waals surface area contributed by atoms with E-state index in [1.54, 1.807) is 16.8 Å². The van der Waals surface area contributed by atoms with Crippen molar-refractivity contribution in [3.05, 3.63) is 107 Å². The van der Waals surface area contributed by atoms with Crippen LogP contribution in [0.15, 0.2) is 88.9 Å². The highest BCUT2D eigenvalue weighted by Gasteiger charge is 2.45. The zero-order chi connectivity index (χ0) is 26.0. The molecule has 2 aliphatic rings. The highest BCUT2D eigenvalue weighted by Crippen LogP contribution is 2.33. The number of ether oxygens (including phenoxy) is 2. The Hall–Kier alpha value is -3.75. The predicted molar refractivity (Wildman–Crippen MR) is 142 cm³/mol. The van der Waals surface area contributed by atoms with Crippen LogP contribution in [0.4, 0.5) is 4.39 Å². The maximum Gasteiger partial charge on any atom is 0.275 e. The van der Waals surface area contributed by atoms with Crippen LogP contribution in [0.5, 0.6) is 0 Å². The van der Waals surface area contributed by atoms with Crippen LogP contribution in [0, 0.1) is 5.82 Å². The lowest BCUT2D eigenvalue weighted by atomic mass is 10.0. The topological polar surface area (TPSA) is 69.8 Å². The molecule has 0 unspecified atom stereocenters. The molecule has 1 N–H and O–H groups in total. The standard InChI is InChI=1S/C29H31FN4O3/c1-4-9-25(32-21(3)31-20(2)22-10-6-5-7-11-22)27-26(23-12-14-24(30)15-13-23)28(35)34-19-29(18-33(27)34)36-16-8-17-37-29/h4-7,9-15,20,31H,3,8,16-19H2,1-2H3/b9-4-,32-25+/t20-/m0/s1. The Morgan fingerprint density at radius 2 is 1.78 bits per heavy atom. The quantitative estimate of drug-likeness (QED) is 0.472. The van der Waals surface area contributed by atoms with Gasteiger partial charge in [-0.1, -0.05) is 55.1 Å². The Balaban J connectivity index is 1.59. The van der Waals surface area contributed by atoms with Crippen LogP contribution in [0.25, 0.3) is 11.1 Å². The molecule has 2 aliphatic heterocycles. The van der Waals surface area contributed by atoms with Crippen molar-refractivity contribution in [1.82, 2.24) is 14.7 Å². The fraction of sp³-hybridized carbons (Fsp3) is 0.310. The van der Waals surface area contributed by atoms with Crippen LogP contribution >= 0.6 is 0 Å². The Kier molecular flexibility index (Phi) is 6.95. The van der Waals surface area contributed by atoms with Crippen molar-refractivity contribution in [2.75, 3.05) is 13.2 Å². The SMILES string of the molecule is C=C(/N=C(\C=C/C)c1c(-c2ccc(F)cc2)c(=O)n2n1CC1(C2)OCCCO1)N[C@@H](C)c1ccccc1. The van der Waals surface area contributed by atoms with E-state index in [1.165, 1.54) is 12.1 Å². The monoisotopic (exact) mass is 502 g/mol. The molecular weight excluding hydrogens is 471 g/mol. The molecule has 3 heterocycles. The van der Waals surface area contributed by atoms with E-state index in [-0.39, 0.29) is 24.0 Å². The van der Waals surface area contributed by atoms with Crippen molar-refractivity contribution in [2.45, 2.75) is 45.2 Å². The molecule has 0 radical (unpaired) electrons. The molecule has 1 saturated heterocycles. The summed E-state index contributed by atoms with van der Waals surface area (Å²) < 4.78 is 29.3. The Labute approximate surface area is 215 Å². The van der Waals surface area contributed by atoms with Crippen LogP contribution in [-0.4, -0.2) is 34.1 Å². The normalized spacial score (nSPS) is 17.8. The minimum atomic E-state index is -0.883. The molecule has 37 heavy (non-hydrogen) atoms. The molecule has 1 atom stereocenters. The third kappa shape index (κ3) is 4.95. The van der Waals surface area contributed by atoms with Crippen molar-refractivity contribution in [3.8, 4) is 11.1 Å². The molecular formula is C29H31FN4O3. The summed E-state index contributed by atoms with van der Waals surface area (Å²) in [5.41, 5.74) is 3.13. The second-order valence-electron chi connectivity index (χ2n) is 9.33. The van der Waals surface area contributed by atoms with Gasteiger partial charge in [-0.05, 0) is 49.6 Å². The first-order valence-corrected chi connectivity index (χ1v) is 12.5. The summed E-state index contributed by atoms with van der Waals surface area (Å²) in [6.45, 7) is 9.84. The summed E-state index contributed by atoms with van der Waals surface area (Å²) in [7, 11) is 0. The second kappa shape index (κ2) is 10.3. The Bertz CT molecular complexity index is 1400. The van der Waals surface area contributed by atoms with Crippen molar-refractivity contribution < 1.29 is 13.9 Å². The molecule has 0 saturated carbocycles. The first kappa shape index (κ1) is 24.9. The van der Waals surface area contributed by atoms with Crippen LogP contribution in [0.2, 0.25) is 0 Å². The number of rotatable bonds is 7. The van der Waals surface area contributed by atoms with Crippen molar-refractivity contribution in [3.63, 3.8) is 0 Å². The highest BCUT2D eigenvalue weighted by atomic mass is 19.1. The van der Waals surface area contributed by atoms with E-state index in [9.17, 15) is 9.18 Å². The third-order valence-electron chi connectivity index (χ3n) is 6.67. The number of hydrogen-bond donors (Lipinski definition) is 1. The number of allylic oxidation sites excluding steroid dienone is 2. The number of benzene rings is 2. The Morgan fingerprint density at radius 3 is 2.46 bits per heavy atom. The number of nitrogens with zero attached hydrogens (tertiary/aromatic N) is 3. The van der Waals surface area contributed by atoms with Crippen LogP contribution < -0.4 is 10.9 Å². The molecule has 0 bridgehead atoms. The number of halogens is 1. The van der Waals surface area contributed by atoms with Crippen molar-refractivity contribution in [1.29, 1.82) is 0 Å². The zero-order valence-electron chi connectivity index (χ0n) is 21.1. The summed E-state index contributed by atoms with van der Waals surface area (Å²) in [5.74, 6) is -0.790. The van der Waals surface area contributed by atoms with Crippen LogP contribution in [0.3, 0.4) is 0 Å². The number of nitrogens with one attached hydrogen (secondary N) is 1. The lowest BCUT2D eigenvalue weighted by Gasteiger charge is -2.32. The molecule has 2 aromatic carbocycles. The van der Waals surface area contributed by atoms with E-state index in [2.05, 4.69) is 11.9 Å². The third-order valence-corrected chi connectivity index (χ3v) is 6.67. The summed E-state index contributed by atoms with van der Waals surface area (Å²) >= 11 is 0. The van der Waals surface area contributed by atoms with Gasteiger partial charge in [0.2, 0.25) is 5.79 Å². The van der Waals surface area contributed by atoms with E-state index < -0.39 is 5.79 Å². The molecule has 8 heteroatoms. The summed E-state index contributed by atoms with van der Waals surface area (Å²) in [4.78, 5) is 18.6. The van der Waals surface area contributed by atoms with Crippen molar-refractivity contribution in [2.24, 2.45) is 4.99 Å². The van der Waals surface area contributed by atoms with Gasteiger partial charge in [0.15, 0.2) is 0 Å². The molecule has 1 spiro atoms. The number of fused-ring (bicyclic) bond motifs is 1. The summed E-state index contributed by atoms with van der Waals surface area (Å²) in [6.07, 6.45) is 4.54. The fourth-order valence-electron chi connectivity index (χ4n) is 4.93. The zero-order valence-corrected chi connectivity index (χ0v) is 21.1. The largest absolute Gasteiger partial charge is 0.364 e. The highest BCUT2D eigenvalue weighted by molar-refractivity contribution is 6.12. The predicted octanol–water partition coefficient (Wildman–Crippen LogP) is 4.79. The summed E-state index contributed by atoms with van der Waals surface area (Å²) in [6, 6.07) is 16.0. The fourth-order valence-corrected chi connectivity index (χ4v) is 4.93. The molecule has 1 aromatic heterocycles. The van der Waals surface area contributed by atoms with E-state index in [0.29, 0.717) is 48.1 Å². The molecule has 1 fully saturated rings. The maximum atomic E-state index is 13.8. The van der Waals surface area contributed by atoms with Gasteiger partial charge in [-0.25, -0.2) is 14.1 Å². The van der Waals surface area contributed by atoms with E-state index >= 15 is 0 Å². The van der Waals surface area contributed by atoms with Gasteiger partial charge < -0.3 is 14.8 Å². The average Bonchev–Trinajstić information content (AvgIpc) is 3.38. The maximum absolute atomic E-state index is 13.8. The first-order valence-electron chi connectivity index (χ1n) is 12.5. The molecule has 0 aliphatic carbocycles. The molecule has 7 nitrogen and oxygen atoms in total. The number of aliphatic imine (C=N–C) groups is 1. The number of aromatic nitrogens is 2. The molecule has 3 aromatic rings. The van der Waals surface area contributed by atoms with Crippen LogP contribution in [0.1, 0.15) is 37.6 Å². The van der Waals surface area contributed by atoms with E-state index in [0.717, 1.165) is 12.0 Å².